The lowest BCUT2D eigenvalue weighted by atomic mass is 10.1. The predicted octanol–water partition coefficient (Wildman–Crippen LogP) is 4.80. The second-order valence-electron chi connectivity index (χ2n) is 8.18. The zero-order valence-corrected chi connectivity index (χ0v) is 19.2. The van der Waals surface area contributed by atoms with E-state index in [2.05, 4.69) is 45.8 Å². The molecular weight excluding hydrogens is 406 g/mol. The molecule has 6 nitrogen and oxygen atoms in total. The van der Waals surface area contributed by atoms with E-state index in [0.717, 1.165) is 60.2 Å². The Morgan fingerprint density at radius 1 is 1.00 bits per heavy atom. The average Bonchev–Trinajstić information content (AvgIpc) is 3.07. The molecule has 0 unspecified atom stereocenters. The molecule has 0 spiro atoms. The van der Waals surface area contributed by atoms with Crippen LogP contribution in [0.3, 0.4) is 0 Å². The minimum absolute atomic E-state index is 0.0310. The Kier molecular flexibility index (Phi) is 6.51. The fourth-order valence-corrected chi connectivity index (χ4v) is 4.58. The molecule has 0 atom stereocenters. The minimum atomic E-state index is -0.0310. The van der Waals surface area contributed by atoms with Crippen molar-refractivity contribution in [3.63, 3.8) is 0 Å². The average molecular weight is 436 g/mol. The highest BCUT2D eigenvalue weighted by Crippen LogP contribution is 2.22. The van der Waals surface area contributed by atoms with Crippen molar-refractivity contribution in [1.82, 2.24) is 14.3 Å². The third kappa shape index (κ3) is 5.22. The number of carbonyl (C=O) groups is 1. The molecule has 2 amide bonds. The number of aromatic nitrogens is 2. The number of hydrogen-bond donors (Lipinski definition) is 1. The van der Waals surface area contributed by atoms with Crippen LogP contribution in [-0.4, -0.2) is 46.5 Å². The lowest BCUT2D eigenvalue weighted by molar-refractivity contribution is 0.215. The third-order valence-corrected chi connectivity index (χ3v) is 6.52. The van der Waals surface area contributed by atoms with Crippen molar-refractivity contribution in [3.8, 4) is 0 Å². The molecule has 1 aliphatic heterocycles. The number of urea groups is 1. The summed E-state index contributed by atoms with van der Waals surface area (Å²) in [4.78, 5) is 21.8. The van der Waals surface area contributed by atoms with Gasteiger partial charge in [0, 0.05) is 49.8 Å². The Morgan fingerprint density at radius 3 is 2.48 bits per heavy atom. The smallest absolute Gasteiger partial charge is 0.321 e. The molecule has 2 heterocycles. The molecule has 1 aromatic heterocycles. The lowest BCUT2D eigenvalue weighted by Gasteiger charge is -2.23. The zero-order valence-electron chi connectivity index (χ0n) is 18.4. The summed E-state index contributed by atoms with van der Waals surface area (Å²) < 4.78 is 4.57. The number of anilines is 2. The van der Waals surface area contributed by atoms with Crippen LogP contribution in [0.2, 0.25) is 0 Å². The Balaban J connectivity index is 1.36. The van der Waals surface area contributed by atoms with Gasteiger partial charge in [-0.25, -0.2) is 9.78 Å². The molecule has 2 aromatic carbocycles. The molecule has 3 aromatic rings. The summed E-state index contributed by atoms with van der Waals surface area (Å²) in [5.74, 6) is 0.859. The van der Waals surface area contributed by atoms with Crippen molar-refractivity contribution in [3.05, 3.63) is 70.5 Å². The molecule has 0 bridgehead atoms. The van der Waals surface area contributed by atoms with Gasteiger partial charge in [-0.15, -0.1) is 0 Å². The first-order valence-electron chi connectivity index (χ1n) is 10.7. The van der Waals surface area contributed by atoms with E-state index in [1.165, 1.54) is 22.7 Å². The number of rotatable bonds is 4. The van der Waals surface area contributed by atoms with E-state index in [4.69, 9.17) is 4.98 Å². The molecule has 7 heteroatoms. The molecule has 1 saturated heterocycles. The first kappa shape index (κ1) is 21.3. The SMILES string of the molecule is Cc1ccc(Cc2nsc(N3CCCN(C(=O)Nc4c(C)cccc4C)CC3)n2)cc1. The summed E-state index contributed by atoms with van der Waals surface area (Å²) >= 11 is 1.45. The van der Waals surface area contributed by atoms with Crippen molar-refractivity contribution in [2.24, 2.45) is 0 Å². The maximum absolute atomic E-state index is 12.9. The molecule has 31 heavy (non-hydrogen) atoms. The molecule has 4 rings (SSSR count). The van der Waals surface area contributed by atoms with Crippen molar-refractivity contribution in [2.75, 3.05) is 36.4 Å². The standard InChI is InChI=1S/C24H29N5OS/c1-17-8-10-20(11-9-17)16-21-25-24(31-27-21)29-13-5-12-28(14-15-29)23(30)26-22-18(2)6-4-7-19(22)3/h4,6-11H,5,12-16H2,1-3H3,(H,26,30). The van der Waals surface area contributed by atoms with Crippen LogP contribution in [0.1, 0.15) is 34.5 Å². The van der Waals surface area contributed by atoms with Gasteiger partial charge in [-0.3, -0.25) is 0 Å². The Hall–Kier alpha value is -2.93. The number of benzene rings is 2. The van der Waals surface area contributed by atoms with Crippen molar-refractivity contribution < 1.29 is 4.79 Å². The molecule has 1 fully saturated rings. The van der Waals surface area contributed by atoms with Crippen LogP contribution in [0.15, 0.2) is 42.5 Å². The normalized spacial score (nSPS) is 14.4. The molecule has 162 valence electrons. The number of carbonyl (C=O) groups excluding carboxylic acids is 1. The monoisotopic (exact) mass is 435 g/mol. The van der Waals surface area contributed by atoms with E-state index >= 15 is 0 Å². The van der Waals surface area contributed by atoms with Crippen LogP contribution in [0.25, 0.3) is 0 Å². The van der Waals surface area contributed by atoms with Gasteiger partial charge in [0.2, 0.25) is 5.13 Å². The second kappa shape index (κ2) is 9.47. The van der Waals surface area contributed by atoms with Crippen LogP contribution in [0.5, 0.6) is 0 Å². The number of nitrogens with one attached hydrogen (secondary N) is 1. The highest BCUT2D eigenvalue weighted by Gasteiger charge is 2.22. The molecule has 1 N–H and O–H groups in total. The van der Waals surface area contributed by atoms with Crippen LogP contribution in [-0.2, 0) is 6.42 Å². The summed E-state index contributed by atoms with van der Waals surface area (Å²) in [6.45, 7) is 9.19. The summed E-state index contributed by atoms with van der Waals surface area (Å²) in [5.41, 5.74) is 5.56. The molecule has 1 aliphatic rings. The molecular formula is C24H29N5OS. The van der Waals surface area contributed by atoms with Crippen molar-refractivity contribution >= 4 is 28.4 Å². The van der Waals surface area contributed by atoms with E-state index in [1.807, 2.05) is 36.9 Å². The van der Waals surface area contributed by atoms with Crippen LogP contribution in [0, 0.1) is 20.8 Å². The minimum Gasteiger partial charge on any atom is -0.345 e. The second-order valence-corrected chi connectivity index (χ2v) is 8.91. The van der Waals surface area contributed by atoms with Gasteiger partial charge in [-0.2, -0.15) is 4.37 Å². The number of nitrogens with zero attached hydrogens (tertiary/aromatic N) is 4. The quantitative estimate of drug-likeness (QED) is 0.640. The van der Waals surface area contributed by atoms with Crippen LogP contribution < -0.4 is 10.2 Å². The third-order valence-electron chi connectivity index (χ3n) is 5.71. The fourth-order valence-electron chi connectivity index (χ4n) is 3.84. The zero-order chi connectivity index (χ0) is 21.8. The first-order chi connectivity index (χ1) is 15.0. The Morgan fingerprint density at radius 2 is 1.74 bits per heavy atom. The van der Waals surface area contributed by atoms with E-state index in [9.17, 15) is 4.79 Å². The van der Waals surface area contributed by atoms with Gasteiger partial charge in [0.25, 0.3) is 0 Å². The van der Waals surface area contributed by atoms with E-state index < -0.39 is 0 Å². The largest absolute Gasteiger partial charge is 0.345 e. The number of aryl methyl sites for hydroxylation is 3. The maximum Gasteiger partial charge on any atom is 0.321 e. The first-order valence-corrected chi connectivity index (χ1v) is 11.5. The van der Waals surface area contributed by atoms with E-state index in [-0.39, 0.29) is 6.03 Å². The summed E-state index contributed by atoms with van der Waals surface area (Å²) in [6, 6.07) is 14.5. The molecule has 0 saturated carbocycles. The fraction of sp³-hybridized carbons (Fsp3) is 0.375. The van der Waals surface area contributed by atoms with Crippen molar-refractivity contribution in [1.29, 1.82) is 0 Å². The highest BCUT2D eigenvalue weighted by atomic mass is 32.1. The van der Waals surface area contributed by atoms with E-state index in [1.54, 1.807) is 0 Å². The van der Waals surface area contributed by atoms with E-state index in [0.29, 0.717) is 6.54 Å². The topological polar surface area (TPSA) is 61.4 Å². The molecule has 0 radical (unpaired) electrons. The number of para-hydroxylation sites is 1. The lowest BCUT2D eigenvalue weighted by Crippen LogP contribution is -2.38. The summed E-state index contributed by atoms with van der Waals surface area (Å²) in [5, 5.41) is 4.05. The Labute approximate surface area is 188 Å². The van der Waals surface area contributed by atoms with Gasteiger partial charge < -0.3 is 15.1 Å². The van der Waals surface area contributed by atoms with Gasteiger partial charge in [-0.1, -0.05) is 48.0 Å². The number of hydrogen-bond acceptors (Lipinski definition) is 5. The van der Waals surface area contributed by atoms with Gasteiger partial charge >= 0.3 is 6.03 Å². The number of amides is 2. The van der Waals surface area contributed by atoms with Crippen LogP contribution >= 0.6 is 11.5 Å². The highest BCUT2D eigenvalue weighted by molar-refractivity contribution is 7.09. The van der Waals surface area contributed by atoms with Crippen molar-refractivity contribution in [2.45, 2.75) is 33.6 Å². The summed E-state index contributed by atoms with van der Waals surface area (Å²) in [6.07, 6.45) is 1.65. The molecule has 0 aliphatic carbocycles. The predicted molar refractivity (Wildman–Crippen MR) is 127 cm³/mol. The van der Waals surface area contributed by atoms with Gasteiger partial charge in [0.05, 0.1) is 0 Å². The summed E-state index contributed by atoms with van der Waals surface area (Å²) in [7, 11) is 0. The maximum atomic E-state index is 12.9. The van der Waals surface area contributed by atoms with Gasteiger partial charge in [0.15, 0.2) is 0 Å². The van der Waals surface area contributed by atoms with Gasteiger partial charge in [0.1, 0.15) is 5.82 Å². The Bertz CT molecular complexity index is 1030. The van der Waals surface area contributed by atoms with Crippen LogP contribution in [0.4, 0.5) is 15.6 Å². The van der Waals surface area contributed by atoms with Gasteiger partial charge in [-0.05, 0) is 43.9 Å².